The van der Waals surface area contributed by atoms with E-state index >= 15 is 0 Å². The van der Waals surface area contributed by atoms with E-state index in [1.165, 1.54) is 5.56 Å². The number of hydrogen-bond acceptors (Lipinski definition) is 2. The molecule has 0 fully saturated rings. The highest BCUT2D eigenvalue weighted by Crippen LogP contribution is 2.32. The summed E-state index contributed by atoms with van der Waals surface area (Å²) in [6, 6.07) is 13.5. The number of benzene rings is 2. The molecule has 0 saturated carbocycles. The Balaban J connectivity index is 2.05. The standard InChI is InChI=1S/C17H18N2O/c1-12-6-4-7-13-8-5-11-19(16(12)13)17(20)14-9-2-3-10-15(14)18/h2-4,6-7,9-10H,5,8,11,18H2,1H3. The van der Waals surface area contributed by atoms with Crippen LogP contribution in [0.2, 0.25) is 0 Å². The molecule has 0 aliphatic carbocycles. The molecule has 0 bridgehead atoms. The minimum atomic E-state index is -0.00153. The van der Waals surface area contributed by atoms with E-state index in [-0.39, 0.29) is 5.91 Å². The average molecular weight is 266 g/mol. The molecule has 2 N–H and O–H groups in total. The van der Waals surface area contributed by atoms with Crippen LogP contribution in [0.15, 0.2) is 42.5 Å². The van der Waals surface area contributed by atoms with E-state index in [1.807, 2.05) is 17.0 Å². The maximum atomic E-state index is 12.8. The smallest absolute Gasteiger partial charge is 0.260 e. The van der Waals surface area contributed by atoms with E-state index in [0.717, 1.165) is 30.6 Å². The maximum Gasteiger partial charge on any atom is 0.260 e. The first-order valence-corrected chi connectivity index (χ1v) is 6.93. The van der Waals surface area contributed by atoms with Gasteiger partial charge in [-0.25, -0.2) is 0 Å². The zero-order valence-electron chi connectivity index (χ0n) is 11.6. The maximum absolute atomic E-state index is 12.8. The number of amides is 1. The molecule has 0 atom stereocenters. The molecule has 1 amide bonds. The monoisotopic (exact) mass is 266 g/mol. The summed E-state index contributed by atoms with van der Waals surface area (Å²) < 4.78 is 0. The van der Waals surface area contributed by atoms with Crippen LogP contribution in [0.1, 0.15) is 27.9 Å². The van der Waals surface area contributed by atoms with Crippen molar-refractivity contribution in [2.75, 3.05) is 17.2 Å². The Morgan fingerprint density at radius 1 is 1.15 bits per heavy atom. The fourth-order valence-corrected chi connectivity index (χ4v) is 2.89. The van der Waals surface area contributed by atoms with Gasteiger partial charge in [0.2, 0.25) is 0 Å². The van der Waals surface area contributed by atoms with Crippen LogP contribution in [0.25, 0.3) is 0 Å². The Bertz CT molecular complexity index is 664. The predicted octanol–water partition coefficient (Wildman–Crippen LogP) is 3.17. The largest absolute Gasteiger partial charge is 0.398 e. The topological polar surface area (TPSA) is 46.3 Å². The van der Waals surface area contributed by atoms with Gasteiger partial charge >= 0.3 is 0 Å². The molecular weight excluding hydrogens is 248 g/mol. The summed E-state index contributed by atoms with van der Waals surface area (Å²) in [5.41, 5.74) is 10.5. The molecule has 1 heterocycles. The van der Waals surface area contributed by atoms with Crippen LogP contribution in [0.4, 0.5) is 11.4 Å². The van der Waals surface area contributed by atoms with Crippen molar-refractivity contribution in [1.82, 2.24) is 0 Å². The fourth-order valence-electron chi connectivity index (χ4n) is 2.89. The minimum Gasteiger partial charge on any atom is -0.398 e. The molecule has 2 aromatic carbocycles. The van der Waals surface area contributed by atoms with Crippen molar-refractivity contribution in [3.63, 3.8) is 0 Å². The van der Waals surface area contributed by atoms with Crippen LogP contribution in [0.3, 0.4) is 0 Å². The first-order valence-electron chi connectivity index (χ1n) is 6.93. The Morgan fingerprint density at radius 3 is 2.75 bits per heavy atom. The summed E-state index contributed by atoms with van der Waals surface area (Å²) in [6.45, 7) is 2.81. The van der Waals surface area contributed by atoms with Gasteiger partial charge < -0.3 is 10.6 Å². The van der Waals surface area contributed by atoms with Crippen molar-refractivity contribution < 1.29 is 4.79 Å². The summed E-state index contributed by atoms with van der Waals surface area (Å²) >= 11 is 0. The van der Waals surface area contributed by atoms with Crippen LogP contribution in [-0.4, -0.2) is 12.5 Å². The van der Waals surface area contributed by atoms with E-state index in [0.29, 0.717) is 11.3 Å². The third-order valence-electron chi connectivity index (χ3n) is 3.86. The molecule has 1 aliphatic rings. The number of aryl methyl sites for hydroxylation is 2. The van der Waals surface area contributed by atoms with Crippen LogP contribution in [0, 0.1) is 6.92 Å². The van der Waals surface area contributed by atoms with Crippen molar-refractivity contribution in [3.05, 3.63) is 59.2 Å². The Hall–Kier alpha value is -2.29. The summed E-state index contributed by atoms with van der Waals surface area (Å²) in [4.78, 5) is 14.7. The van der Waals surface area contributed by atoms with E-state index in [9.17, 15) is 4.79 Å². The summed E-state index contributed by atoms with van der Waals surface area (Å²) in [7, 11) is 0. The number of hydrogen-bond donors (Lipinski definition) is 1. The SMILES string of the molecule is Cc1cccc2c1N(C(=O)c1ccccc1N)CCC2. The van der Waals surface area contributed by atoms with Gasteiger partial charge in [-0.2, -0.15) is 0 Å². The molecule has 2 aromatic rings. The number of nitrogens with two attached hydrogens (primary N) is 1. The number of nitrogens with zero attached hydrogens (tertiary/aromatic N) is 1. The second-order valence-electron chi connectivity index (χ2n) is 5.23. The van der Waals surface area contributed by atoms with Gasteiger partial charge in [-0.05, 0) is 43.0 Å². The first kappa shape index (κ1) is 12.7. The molecule has 0 spiro atoms. The fraction of sp³-hybridized carbons (Fsp3) is 0.235. The molecule has 0 unspecified atom stereocenters. The van der Waals surface area contributed by atoms with Gasteiger partial charge in [0.15, 0.2) is 0 Å². The molecular formula is C17H18N2O. The third-order valence-corrected chi connectivity index (χ3v) is 3.86. The molecule has 0 radical (unpaired) electrons. The Labute approximate surface area is 119 Å². The van der Waals surface area contributed by atoms with Crippen molar-refractivity contribution in [2.24, 2.45) is 0 Å². The van der Waals surface area contributed by atoms with Crippen molar-refractivity contribution in [1.29, 1.82) is 0 Å². The van der Waals surface area contributed by atoms with Gasteiger partial charge in [-0.1, -0.05) is 30.3 Å². The van der Waals surface area contributed by atoms with Crippen molar-refractivity contribution >= 4 is 17.3 Å². The average Bonchev–Trinajstić information content (AvgIpc) is 2.47. The molecule has 3 heteroatoms. The minimum absolute atomic E-state index is 0.00153. The second-order valence-corrected chi connectivity index (χ2v) is 5.23. The Kier molecular flexibility index (Phi) is 3.18. The van der Waals surface area contributed by atoms with Gasteiger partial charge in [0.25, 0.3) is 5.91 Å². The van der Waals surface area contributed by atoms with E-state index in [2.05, 4.69) is 25.1 Å². The number of nitrogen functional groups attached to an aromatic ring is 1. The van der Waals surface area contributed by atoms with E-state index < -0.39 is 0 Å². The van der Waals surface area contributed by atoms with Gasteiger partial charge in [0, 0.05) is 12.2 Å². The highest BCUT2D eigenvalue weighted by Gasteiger charge is 2.25. The van der Waals surface area contributed by atoms with E-state index in [1.54, 1.807) is 12.1 Å². The normalized spacial score (nSPS) is 13.9. The highest BCUT2D eigenvalue weighted by molar-refractivity contribution is 6.10. The number of carbonyl (C=O) groups excluding carboxylic acids is 1. The summed E-state index contributed by atoms with van der Waals surface area (Å²) in [5.74, 6) is -0.00153. The summed E-state index contributed by atoms with van der Waals surface area (Å²) in [5, 5.41) is 0. The molecule has 1 aliphatic heterocycles. The molecule has 3 rings (SSSR count). The van der Waals surface area contributed by atoms with Gasteiger partial charge in [0.1, 0.15) is 0 Å². The number of fused-ring (bicyclic) bond motifs is 1. The zero-order valence-corrected chi connectivity index (χ0v) is 11.6. The quantitative estimate of drug-likeness (QED) is 0.806. The van der Waals surface area contributed by atoms with Crippen LogP contribution >= 0.6 is 0 Å². The van der Waals surface area contributed by atoms with Gasteiger partial charge in [-0.15, -0.1) is 0 Å². The van der Waals surface area contributed by atoms with Crippen LogP contribution < -0.4 is 10.6 Å². The third kappa shape index (κ3) is 2.05. The molecule has 3 nitrogen and oxygen atoms in total. The van der Waals surface area contributed by atoms with Crippen molar-refractivity contribution in [2.45, 2.75) is 19.8 Å². The Morgan fingerprint density at radius 2 is 1.95 bits per heavy atom. The van der Waals surface area contributed by atoms with E-state index in [4.69, 9.17) is 5.73 Å². The van der Waals surface area contributed by atoms with Crippen LogP contribution in [0.5, 0.6) is 0 Å². The lowest BCUT2D eigenvalue weighted by molar-refractivity contribution is 0.0986. The van der Waals surface area contributed by atoms with Gasteiger partial charge in [-0.3, -0.25) is 4.79 Å². The molecule has 102 valence electrons. The van der Waals surface area contributed by atoms with Gasteiger partial charge in [0.05, 0.1) is 11.3 Å². The number of rotatable bonds is 1. The number of anilines is 2. The zero-order chi connectivity index (χ0) is 14.1. The predicted molar refractivity (Wildman–Crippen MR) is 82.0 cm³/mol. The number of carbonyl (C=O) groups is 1. The highest BCUT2D eigenvalue weighted by atomic mass is 16.2. The summed E-state index contributed by atoms with van der Waals surface area (Å²) in [6.07, 6.45) is 2.03. The molecule has 0 aromatic heterocycles. The first-order chi connectivity index (χ1) is 9.68. The lowest BCUT2D eigenvalue weighted by atomic mass is 9.97. The molecule has 0 saturated heterocycles. The van der Waals surface area contributed by atoms with Crippen molar-refractivity contribution in [3.8, 4) is 0 Å². The van der Waals surface area contributed by atoms with Crippen LogP contribution in [-0.2, 0) is 6.42 Å². The lowest BCUT2D eigenvalue weighted by Crippen LogP contribution is -2.36. The number of para-hydroxylation sites is 2. The lowest BCUT2D eigenvalue weighted by Gasteiger charge is -2.31. The second kappa shape index (κ2) is 5.00. The molecule has 20 heavy (non-hydrogen) atoms.